The molecule has 0 amide bonds. The Labute approximate surface area is 112 Å². The lowest BCUT2D eigenvalue weighted by molar-refractivity contribution is 0.516. The highest BCUT2D eigenvalue weighted by Crippen LogP contribution is 2.32. The lowest BCUT2D eigenvalue weighted by Crippen LogP contribution is -2.19. The summed E-state index contributed by atoms with van der Waals surface area (Å²) in [4.78, 5) is 10.8. The van der Waals surface area contributed by atoms with Crippen molar-refractivity contribution in [2.45, 2.75) is 32.7 Å². The number of nitrogens with zero attached hydrogens (tertiary/aromatic N) is 2. The minimum absolute atomic E-state index is 0.475. The van der Waals surface area contributed by atoms with E-state index in [4.69, 9.17) is 0 Å². The fourth-order valence-electron chi connectivity index (χ4n) is 2.00. The third kappa shape index (κ3) is 3.15. The largest absolute Gasteiger partial charge is 0.310 e. The number of thiophene rings is 1. The van der Waals surface area contributed by atoms with E-state index in [0.717, 1.165) is 12.1 Å². The fraction of sp³-hybridized carbons (Fsp3) is 0.429. The quantitative estimate of drug-likeness (QED) is 0.862. The Kier molecular flexibility index (Phi) is 4.84. The number of aromatic nitrogens is 2. The van der Waals surface area contributed by atoms with Gasteiger partial charge in [0.1, 0.15) is 6.33 Å². The van der Waals surface area contributed by atoms with E-state index in [1.165, 1.54) is 22.6 Å². The topological polar surface area (TPSA) is 37.8 Å². The first-order valence-corrected chi connectivity index (χ1v) is 7.25. The molecule has 0 bridgehead atoms. The molecule has 1 atom stereocenters. The normalized spacial score (nSPS) is 12.6. The summed E-state index contributed by atoms with van der Waals surface area (Å²) < 4.78 is 0. The monoisotopic (exact) mass is 261 g/mol. The molecular weight excluding hydrogens is 242 g/mol. The maximum atomic E-state index is 4.07. The molecule has 0 aliphatic heterocycles. The predicted octanol–water partition coefficient (Wildman–Crippen LogP) is 3.66. The zero-order valence-corrected chi connectivity index (χ0v) is 11.7. The molecule has 18 heavy (non-hydrogen) atoms. The van der Waals surface area contributed by atoms with E-state index in [-0.39, 0.29) is 0 Å². The Morgan fingerprint density at radius 2 is 2.00 bits per heavy atom. The van der Waals surface area contributed by atoms with Crippen molar-refractivity contribution >= 4 is 11.3 Å². The van der Waals surface area contributed by atoms with Crippen molar-refractivity contribution in [2.75, 3.05) is 6.54 Å². The van der Waals surface area contributed by atoms with Crippen molar-refractivity contribution in [3.63, 3.8) is 0 Å². The van der Waals surface area contributed by atoms with E-state index in [2.05, 4.69) is 41.3 Å². The van der Waals surface area contributed by atoms with Crippen LogP contribution in [0.4, 0.5) is 0 Å². The van der Waals surface area contributed by atoms with Crippen LogP contribution >= 0.6 is 11.3 Å². The van der Waals surface area contributed by atoms with Crippen molar-refractivity contribution < 1.29 is 0 Å². The average Bonchev–Trinajstić information content (AvgIpc) is 2.89. The molecule has 96 valence electrons. The highest BCUT2D eigenvalue weighted by atomic mass is 32.1. The Morgan fingerprint density at radius 1 is 1.22 bits per heavy atom. The van der Waals surface area contributed by atoms with Crippen LogP contribution in [0.25, 0.3) is 10.4 Å². The molecule has 0 radical (unpaired) electrons. The van der Waals surface area contributed by atoms with Gasteiger partial charge in [0, 0.05) is 33.8 Å². The van der Waals surface area contributed by atoms with Crippen molar-refractivity contribution in [2.24, 2.45) is 0 Å². The lowest BCUT2D eigenvalue weighted by Gasteiger charge is -2.14. The van der Waals surface area contributed by atoms with Crippen LogP contribution in [0.3, 0.4) is 0 Å². The summed E-state index contributed by atoms with van der Waals surface area (Å²) in [6, 6.07) is 4.86. The zero-order valence-electron chi connectivity index (χ0n) is 10.9. The molecular formula is C14H19N3S. The van der Waals surface area contributed by atoms with Crippen LogP contribution in [-0.2, 0) is 0 Å². The van der Waals surface area contributed by atoms with Crippen molar-refractivity contribution in [3.8, 4) is 10.4 Å². The predicted molar refractivity (Wildman–Crippen MR) is 76.7 cm³/mol. The third-order valence-electron chi connectivity index (χ3n) is 2.84. The summed E-state index contributed by atoms with van der Waals surface area (Å²) in [5.41, 5.74) is 1.10. The number of hydrogen-bond acceptors (Lipinski definition) is 4. The van der Waals surface area contributed by atoms with Gasteiger partial charge in [-0.15, -0.1) is 11.3 Å². The summed E-state index contributed by atoms with van der Waals surface area (Å²) in [6.45, 7) is 5.39. The molecule has 0 spiro atoms. The molecule has 0 saturated heterocycles. The molecule has 3 nitrogen and oxygen atoms in total. The van der Waals surface area contributed by atoms with Crippen molar-refractivity contribution in [1.29, 1.82) is 0 Å². The highest BCUT2D eigenvalue weighted by Gasteiger charge is 2.12. The van der Waals surface area contributed by atoms with E-state index in [0.29, 0.717) is 6.04 Å². The number of rotatable bonds is 6. The van der Waals surface area contributed by atoms with Crippen molar-refractivity contribution in [1.82, 2.24) is 15.3 Å². The van der Waals surface area contributed by atoms with E-state index >= 15 is 0 Å². The van der Waals surface area contributed by atoms with Crippen LogP contribution in [0.1, 0.15) is 37.6 Å². The minimum atomic E-state index is 0.475. The molecule has 2 aromatic heterocycles. The number of hydrogen-bond donors (Lipinski definition) is 1. The second-order valence-corrected chi connectivity index (χ2v) is 5.34. The summed E-state index contributed by atoms with van der Waals surface area (Å²) in [7, 11) is 0. The molecule has 4 heteroatoms. The van der Waals surface area contributed by atoms with Gasteiger partial charge in [0.2, 0.25) is 0 Å². The van der Waals surface area contributed by atoms with Crippen LogP contribution < -0.4 is 5.32 Å². The second kappa shape index (κ2) is 6.61. The van der Waals surface area contributed by atoms with Crippen molar-refractivity contribution in [3.05, 3.63) is 35.7 Å². The van der Waals surface area contributed by atoms with Gasteiger partial charge in [-0.3, -0.25) is 0 Å². The molecule has 2 heterocycles. The third-order valence-corrected chi connectivity index (χ3v) is 4.09. The molecule has 1 unspecified atom stereocenters. The lowest BCUT2D eigenvalue weighted by atomic mass is 10.1. The SMILES string of the molecule is CCCC(NCC)c1ccc(-c2cncnc2)s1. The summed E-state index contributed by atoms with van der Waals surface area (Å²) in [5, 5.41) is 3.54. The van der Waals surface area contributed by atoms with Gasteiger partial charge in [-0.1, -0.05) is 20.3 Å². The first kappa shape index (κ1) is 13.2. The standard InChI is InChI=1S/C14H19N3S/c1-3-5-12(17-4-2)14-7-6-13(18-14)11-8-15-10-16-9-11/h6-10,12,17H,3-5H2,1-2H3. The van der Waals surface area contributed by atoms with Gasteiger partial charge in [-0.05, 0) is 25.1 Å². The van der Waals surface area contributed by atoms with E-state index in [1.807, 2.05) is 23.7 Å². The maximum absolute atomic E-state index is 4.07. The van der Waals surface area contributed by atoms with Gasteiger partial charge in [0.25, 0.3) is 0 Å². The van der Waals surface area contributed by atoms with Gasteiger partial charge in [-0.25, -0.2) is 9.97 Å². The molecule has 0 aromatic carbocycles. The summed E-state index contributed by atoms with van der Waals surface area (Å²) in [5.74, 6) is 0. The van der Waals surface area contributed by atoms with Crippen LogP contribution in [0.2, 0.25) is 0 Å². The van der Waals surface area contributed by atoms with Gasteiger partial charge in [-0.2, -0.15) is 0 Å². The Balaban J connectivity index is 2.18. The van der Waals surface area contributed by atoms with Crippen LogP contribution in [-0.4, -0.2) is 16.5 Å². The Hall–Kier alpha value is -1.26. The summed E-state index contributed by atoms with van der Waals surface area (Å²) >= 11 is 1.83. The van der Waals surface area contributed by atoms with Crippen LogP contribution in [0.5, 0.6) is 0 Å². The molecule has 0 aliphatic carbocycles. The molecule has 2 aromatic rings. The molecule has 2 rings (SSSR count). The summed E-state index contributed by atoms with van der Waals surface area (Å²) in [6.07, 6.45) is 7.67. The Morgan fingerprint density at radius 3 is 2.67 bits per heavy atom. The average molecular weight is 261 g/mol. The zero-order chi connectivity index (χ0) is 12.8. The van der Waals surface area contributed by atoms with Gasteiger partial charge in [0.05, 0.1) is 0 Å². The second-order valence-electron chi connectivity index (χ2n) is 4.23. The van der Waals surface area contributed by atoms with Gasteiger partial charge < -0.3 is 5.32 Å². The van der Waals surface area contributed by atoms with E-state index < -0.39 is 0 Å². The van der Waals surface area contributed by atoms with Crippen LogP contribution in [0, 0.1) is 0 Å². The molecule has 0 fully saturated rings. The fourth-order valence-corrected chi connectivity index (χ4v) is 3.09. The Bertz CT molecular complexity index is 461. The van der Waals surface area contributed by atoms with Gasteiger partial charge >= 0.3 is 0 Å². The van der Waals surface area contributed by atoms with Gasteiger partial charge in [0.15, 0.2) is 0 Å². The number of nitrogens with one attached hydrogen (secondary N) is 1. The van der Waals surface area contributed by atoms with Crippen LogP contribution in [0.15, 0.2) is 30.9 Å². The molecule has 0 aliphatic rings. The maximum Gasteiger partial charge on any atom is 0.115 e. The first-order chi connectivity index (χ1) is 8.85. The molecule has 0 saturated carbocycles. The molecule has 1 N–H and O–H groups in total. The van der Waals surface area contributed by atoms with E-state index in [9.17, 15) is 0 Å². The smallest absolute Gasteiger partial charge is 0.115 e. The minimum Gasteiger partial charge on any atom is -0.310 e. The first-order valence-electron chi connectivity index (χ1n) is 6.43. The highest BCUT2D eigenvalue weighted by molar-refractivity contribution is 7.15. The van der Waals surface area contributed by atoms with E-state index in [1.54, 1.807) is 6.33 Å².